The summed E-state index contributed by atoms with van der Waals surface area (Å²) in [6, 6.07) is 0. The van der Waals surface area contributed by atoms with Gasteiger partial charge in [-0.1, -0.05) is 33.1 Å². The van der Waals surface area contributed by atoms with E-state index in [0.29, 0.717) is 0 Å². The van der Waals surface area contributed by atoms with E-state index >= 15 is 0 Å². The highest BCUT2D eigenvalue weighted by Crippen LogP contribution is 2.48. The predicted octanol–water partition coefficient (Wildman–Crippen LogP) is 3.47. The molecule has 2 rings (SSSR count). The molecule has 0 bridgehead atoms. The molecule has 2 saturated carbocycles. The Morgan fingerprint density at radius 2 is 1.64 bits per heavy atom. The maximum atomic E-state index is 2.38. The van der Waals surface area contributed by atoms with Gasteiger partial charge in [0, 0.05) is 0 Å². The number of hydrogen-bond donors (Lipinski definition) is 0. The van der Waals surface area contributed by atoms with E-state index in [0.717, 1.165) is 23.7 Å². The van der Waals surface area contributed by atoms with Crippen LogP contribution in [-0.4, -0.2) is 0 Å². The zero-order chi connectivity index (χ0) is 7.84. The van der Waals surface area contributed by atoms with Gasteiger partial charge in [0.1, 0.15) is 0 Å². The first-order valence-corrected chi connectivity index (χ1v) is 5.27. The average Bonchev–Trinajstić information content (AvgIpc) is 1.70. The normalized spacial score (nSPS) is 38.5. The van der Waals surface area contributed by atoms with Crippen molar-refractivity contribution >= 4 is 0 Å². The van der Waals surface area contributed by atoms with Gasteiger partial charge in [-0.15, -0.1) is 0 Å². The van der Waals surface area contributed by atoms with Crippen LogP contribution in [0.4, 0.5) is 0 Å². The van der Waals surface area contributed by atoms with Gasteiger partial charge in [0.25, 0.3) is 0 Å². The minimum Gasteiger partial charge on any atom is -0.0625 e. The van der Waals surface area contributed by atoms with Crippen LogP contribution >= 0.6 is 0 Å². The monoisotopic (exact) mass is 152 g/mol. The summed E-state index contributed by atoms with van der Waals surface area (Å²) in [7, 11) is 0. The highest BCUT2D eigenvalue weighted by molar-refractivity contribution is 4.88. The van der Waals surface area contributed by atoms with E-state index in [2.05, 4.69) is 13.8 Å². The van der Waals surface area contributed by atoms with Crippen LogP contribution < -0.4 is 0 Å². The third kappa shape index (κ3) is 1.32. The quantitative estimate of drug-likeness (QED) is 0.568. The molecular weight excluding hydrogens is 132 g/mol. The van der Waals surface area contributed by atoms with E-state index in [1.165, 1.54) is 6.42 Å². The van der Waals surface area contributed by atoms with Gasteiger partial charge in [0.05, 0.1) is 0 Å². The fourth-order valence-corrected chi connectivity index (χ4v) is 2.55. The van der Waals surface area contributed by atoms with Gasteiger partial charge in [-0.25, -0.2) is 0 Å². The molecule has 0 saturated heterocycles. The van der Waals surface area contributed by atoms with E-state index in [-0.39, 0.29) is 0 Å². The summed E-state index contributed by atoms with van der Waals surface area (Å²) >= 11 is 0. The van der Waals surface area contributed by atoms with Gasteiger partial charge in [-0.3, -0.25) is 0 Å². The molecule has 0 heterocycles. The molecule has 0 nitrogen and oxygen atoms in total. The van der Waals surface area contributed by atoms with E-state index in [9.17, 15) is 0 Å². The molecule has 0 N–H and O–H groups in total. The first-order chi connectivity index (χ1) is 5.27. The molecule has 0 amide bonds. The van der Waals surface area contributed by atoms with Gasteiger partial charge < -0.3 is 0 Å². The summed E-state index contributed by atoms with van der Waals surface area (Å²) in [6.07, 6.45) is 7.74. The molecule has 0 heteroatoms. The fourth-order valence-electron chi connectivity index (χ4n) is 2.55. The zero-order valence-corrected chi connectivity index (χ0v) is 7.84. The molecule has 0 aliphatic heterocycles. The zero-order valence-electron chi connectivity index (χ0n) is 7.84. The largest absolute Gasteiger partial charge is 0.0625 e. The van der Waals surface area contributed by atoms with Crippen LogP contribution in [-0.2, 0) is 0 Å². The van der Waals surface area contributed by atoms with Crippen LogP contribution in [0.25, 0.3) is 0 Å². The van der Waals surface area contributed by atoms with Gasteiger partial charge in [0.15, 0.2) is 0 Å². The van der Waals surface area contributed by atoms with Crippen molar-refractivity contribution in [2.24, 2.45) is 23.7 Å². The molecule has 2 aliphatic rings. The Hall–Kier alpha value is 0. The summed E-state index contributed by atoms with van der Waals surface area (Å²) < 4.78 is 0. The second kappa shape index (κ2) is 2.80. The fraction of sp³-hybridized carbons (Fsp3) is 1.00. The molecule has 11 heavy (non-hydrogen) atoms. The Morgan fingerprint density at radius 3 is 2.00 bits per heavy atom. The molecule has 0 atom stereocenters. The van der Waals surface area contributed by atoms with Gasteiger partial charge in [-0.05, 0) is 36.5 Å². The molecule has 0 aromatic carbocycles. The standard InChI is InChI=1S/C11H20/c1-8(2)10-6-11(7-10)9-4-3-5-9/h8-11H,3-7H2,1-2H3. The van der Waals surface area contributed by atoms with Crippen molar-refractivity contribution in [3.8, 4) is 0 Å². The van der Waals surface area contributed by atoms with Crippen molar-refractivity contribution in [3.05, 3.63) is 0 Å². The average molecular weight is 152 g/mol. The van der Waals surface area contributed by atoms with Crippen molar-refractivity contribution in [3.63, 3.8) is 0 Å². The molecule has 2 aliphatic carbocycles. The van der Waals surface area contributed by atoms with E-state index in [1.807, 2.05) is 0 Å². The van der Waals surface area contributed by atoms with E-state index in [1.54, 1.807) is 25.7 Å². The second-order valence-corrected chi connectivity index (χ2v) is 4.93. The number of hydrogen-bond acceptors (Lipinski definition) is 0. The lowest BCUT2D eigenvalue weighted by atomic mass is 9.60. The second-order valence-electron chi connectivity index (χ2n) is 4.93. The topological polar surface area (TPSA) is 0 Å². The van der Waals surface area contributed by atoms with Crippen LogP contribution in [0.2, 0.25) is 0 Å². The Kier molecular flexibility index (Phi) is 1.95. The summed E-state index contributed by atoms with van der Waals surface area (Å²) in [6.45, 7) is 4.75. The van der Waals surface area contributed by atoms with Crippen LogP contribution in [0, 0.1) is 23.7 Å². The minimum absolute atomic E-state index is 0.950. The first kappa shape index (κ1) is 7.64. The third-order valence-corrected chi connectivity index (χ3v) is 3.97. The van der Waals surface area contributed by atoms with Crippen LogP contribution in [0.15, 0.2) is 0 Å². The SMILES string of the molecule is CC(C)C1CC(C2CCC2)C1. The summed E-state index contributed by atoms with van der Waals surface area (Å²) in [5.74, 6) is 4.34. The summed E-state index contributed by atoms with van der Waals surface area (Å²) in [4.78, 5) is 0. The van der Waals surface area contributed by atoms with Crippen molar-refractivity contribution in [2.45, 2.75) is 46.0 Å². The van der Waals surface area contributed by atoms with Crippen LogP contribution in [0.3, 0.4) is 0 Å². The lowest BCUT2D eigenvalue weighted by Gasteiger charge is -2.46. The smallest absolute Gasteiger partial charge is 0.0380 e. The minimum atomic E-state index is 0.950. The highest BCUT2D eigenvalue weighted by Gasteiger charge is 2.38. The van der Waals surface area contributed by atoms with Crippen LogP contribution in [0.5, 0.6) is 0 Å². The van der Waals surface area contributed by atoms with E-state index in [4.69, 9.17) is 0 Å². The Balaban J connectivity index is 1.70. The molecule has 0 unspecified atom stereocenters. The van der Waals surface area contributed by atoms with Crippen molar-refractivity contribution in [2.75, 3.05) is 0 Å². The lowest BCUT2D eigenvalue weighted by Crippen LogP contribution is -2.35. The van der Waals surface area contributed by atoms with Gasteiger partial charge in [-0.2, -0.15) is 0 Å². The molecule has 0 aromatic heterocycles. The Labute approximate surface area is 70.4 Å². The van der Waals surface area contributed by atoms with E-state index < -0.39 is 0 Å². The van der Waals surface area contributed by atoms with Crippen LogP contribution in [0.1, 0.15) is 46.0 Å². The molecule has 0 aromatic rings. The van der Waals surface area contributed by atoms with Gasteiger partial charge in [0.2, 0.25) is 0 Å². The maximum Gasteiger partial charge on any atom is -0.0380 e. The third-order valence-electron chi connectivity index (χ3n) is 3.97. The predicted molar refractivity (Wildman–Crippen MR) is 48.4 cm³/mol. The lowest BCUT2D eigenvalue weighted by molar-refractivity contribution is 0.0497. The molecular formula is C11H20. The highest BCUT2D eigenvalue weighted by atomic mass is 14.4. The maximum absolute atomic E-state index is 2.38. The first-order valence-electron chi connectivity index (χ1n) is 5.27. The Morgan fingerprint density at radius 1 is 1.00 bits per heavy atom. The molecule has 0 radical (unpaired) electrons. The Bertz CT molecular complexity index is 127. The van der Waals surface area contributed by atoms with Crippen molar-refractivity contribution in [1.82, 2.24) is 0 Å². The summed E-state index contributed by atoms with van der Waals surface area (Å²) in [5.41, 5.74) is 0. The molecule has 2 fully saturated rings. The van der Waals surface area contributed by atoms with Crippen molar-refractivity contribution in [1.29, 1.82) is 0 Å². The molecule has 64 valence electrons. The number of rotatable bonds is 2. The van der Waals surface area contributed by atoms with Gasteiger partial charge >= 0.3 is 0 Å². The summed E-state index contributed by atoms with van der Waals surface area (Å²) in [5, 5.41) is 0. The van der Waals surface area contributed by atoms with Crippen molar-refractivity contribution < 1.29 is 0 Å². The molecule has 0 spiro atoms.